The minimum atomic E-state index is -1.01. The quantitative estimate of drug-likeness (QED) is 0.110. The van der Waals surface area contributed by atoms with Crippen LogP contribution < -0.4 is 11.1 Å². The smallest absolute Gasteiger partial charge is 0.335 e. The van der Waals surface area contributed by atoms with Crippen LogP contribution in [0.2, 0.25) is 0 Å². The zero-order chi connectivity index (χ0) is 39.0. The van der Waals surface area contributed by atoms with Gasteiger partial charge in [0.15, 0.2) is 5.82 Å². The number of aromatic nitrogens is 7. The van der Waals surface area contributed by atoms with E-state index in [0.717, 1.165) is 83.0 Å². The lowest BCUT2D eigenvalue weighted by molar-refractivity contribution is -0.122. The first-order chi connectivity index (χ1) is 27.7. The number of hydrogen-bond acceptors (Lipinski definition) is 7. The number of H-pyrrole nitrogens is 2. The summed E-state index contributed by atoms with van der Waals surface area (Å²) < 4.78 is 2.24. The SMILES string of the molecule is Cc1nccnc1-c1nc2c3c(ccc2[nH]1)-c1c(C2CCCCC2)c2ccc(C(=O)NC4(c5nc6ccc(C(=O)O)cc6[nH]5)CCCC4)cc2n1CC(C(N)=O)C3. The third-order valence-corrected chi connectivity index (χ3v) is 12.7. The van der Waals surface area contributed by atoms with E-state index in [2.05, 4.69) is 48.0 Å². The number of fused-ring (bicyclic) bond motifs is 8. The Kier molecular flexibility index (Phi) is 8.24. The Morgan fingerprint density at radius 1 is 0.895 bits per heavy atom. The number of nitrogens with zero attached hydrogens (tertiary/aromatic N) is 5. The fourth-order valence-electron chi connectivity index (χ4n) is 9.90. The minimum Gasteiger partial charge on any atom is -0.478 e. The number of hydrogen-bond donors (Lipinski definition) is 5. The number of rotatable bonds is 7. The van der Waals surface area contributed by atoms with E-state index in [9.17, 15) is 19.5 Å². The topological polar surface area (TPSA) is 198 Å². The van der Waals surface area contributed by atoms with Gasteiger partial charge in [-0.05, 0) is 92.5 Å². The van der Waals surface area contributed by atoms with Gasteiger partial charge in [0.25, 0.3) is 5.91 Å². The number of benzene rings is 3. The Bertz CT molecular complexity index is 2780. The van der Waals surface area contributed by atoms with Crippen molar-refractivity contribution in [3.8, 4) is 22.8 Å². The first-order valence-electron chi connectivity index (χ1n) is 20.0. The summed E-state index contributed by atoms with van der Waals surface area (Å²) in [5.41, 5.74) is 15.8. The Hall–Kier alpha value is -6.37. The summed E-state index contributed by atoms with van der Waals surface area (Å²) in [6.07, 6.45) is 12.6. The van der Waals surface area contributed by atoms with Crippen molar-refractivity contribution in [3.63, 3.8) is 0 Å². The van der Waals surface area contributed by atoms with Crippen LogP contribution in [0, 0.1) is 12.8 Å². The second kappa shape index (κ2) is 13.4. The Morgan fingerprint density at radius 2 is 1.68 bits per heavy atom. The number of imidazole rings is 2. The number of aromatic amines is 2. The first kappa shape index (κ1) is 35.1. The van der Waals surface area contributed by atoms with Crippen molar-refractivity contribution in [2.24, 2.45) is 11.7 Å². The molecule has 3 aromatic carbocycles. The monoisotopic (exact) mass is 761 g/mol. The predicted octanol–water partition coefficient (Wildman–Crippen LogP) is 7.43. The van der Waals surface area contributed by atoms with Crippen LogP contribution in [-0.2, 0) is 23.3 Å². The van der Waals surface area contributed by atoms with Crippen LogP contribution in [0.25, 0.3) is 55.7 Å². The van der Waals surface area contributed by atoms with Crippen molar-refractivity contribution in [2.45, 2.75) is 89.1 Å². The third-order valence-electron chi connectivity index (χ3n) is 12.7. The maximum absolute atomic E-state index is 14.5. The number of primary amides is 1. The summed E-state index contributed by atoms with van der Waals surface area (Å²) >= 11 is 0. The fourth-order valence-corrected chi connectivity index (χ4v) is 9.90. The highest BCUT2D eigenvalue weighted by molar-refractivity contribution is 6.02. The highest BCUT2D eigenvalue weighted by atomic mass is 16.4. The number of carboxylic acids is 1. The zero-order valence-corrected chi connectivity index (χ0v) is 31.7. The van der Waals surface area contributed by atoms with Crippen molar-refractivity contribution in [2.75, 3.05) is 0 Å². The van der Waals surface area contributed by atoms with Gasteiger partial charge in [0.1, 0.15) is 11.5 Å². The molecule has 0 saturated heterocycles. The van der Waals surface area contributed by atoms with E-state index in [1.54, 1.807) is 30.6 Å². The summed E-state index contributed by atoms with van der Waals surface area (Å²) in [4.78, 5) is 65.2. The fraction of sp³-hybridized carbons (Fsp3) is 0.341. The molecule has 0 radical (unpaired) electrons. The largest absolute Gasteiger partial charge is 0.478 e. The summed E-state index contributed by atoms with van der Waals surface area (Å²) in [6, 6.07) is 15.0. The molecular formula is C44H43N9O4. The van der Waals surface area contributed by atoms with Gasteiger partial charge < -0.3 is 30.7 Å². The number of aromatic carboxylic acids is 1. The van der Waals surface area contributed by atoms with Crippen molar-refractivity contribution < 1.29 is 19.5 Å². The average Bonchev–Trinajstić information content (AvgIpc) is 4.01. The summed E-state index contributed by atoms with van der Waals surface area (Å²) in [6.45, 7) is 2.28. The van der Waals surface area contributed by atoms with Crippen LogP contribution in [0.1, 0.15) is 107 Å². The summed E-state index contributed by atoms with van der Waals surface area (Å²) in [7, 11) is 0. The average molecular weight is 762 g/mol. The molecule has 7 aromatic rings. The van der Waals surface area contributed by atoms with Gasteiger partial charge in [-0.2, -0.15) is 0 Å². The number of nitrogens with one attached hydrogen (secondary N) is 3. The van der Waals surface area contributed by atoms with Gasteiger partial charge in [-0.3, -0.25) is 14.6 Å². The lowest BCUT2D eigenvalue weighted by Gasteiger charge is -2.28. The number of carboxylic acid groups (broad SMARTS) is 1. The lowest BCUT2D eigenvalue weighted by atomic mass is 9.81. The van der Waals surface area contributed by atoms with Crippen LogP contribution in [0.4, 0.5) is 0 Å². The van der Waals surface area contributed by atoms with E-state index in [4.69, 9.17) is 15.7 Å². The molecule has 13 nitrogen and oxygen atoms in total. The highest BCUT2D eigenvalue weighted by Gasteiger charge is 2.41. The van der Waals surface area contributed by atoms with Gasteiger partial charge in [0, 0.05) is 41.0 Å². The number of carbonyl (C=O) groups is 3. The molecule has 288 valence electrons. The number of nitrogens with two attached hydrogens (primary N) is 1. The predicted molar refractivity (Wildman–Crippen MR) is 216 cm³/mol. The number of amides is 2. The summed E-state index contributed by atoms with van der Waals surface area (Å²) in [5.74, 6) is -0.551. The van der Waals surface area contributed by atoms with Gasteiger partial charge >= 0.3 is 5.97 Å². The Balaban J connectivity index is 1.11. The van der Waals surface area contributed by atoms with Crippen LogP contribution in [0.5, 0.6) is 0 Å². The van der Waals surface area contributed by atoms with Crippen molar-refractivity contribution >= 4 is 50.8 Å². The molecule has 1 atom stereocenters. The Morgan fingerprint density at radius 3 is 2.46 bits per heavy atom. The Labute approximate surface area is 327 Å². The molecule has 2 aliphatic carbocycles. The lowest BCUT2D eigenvalue weighted by Crippen LogP contribution is -2.44. The first-order valence-corrected chi connectivity index (χ1v) is 20.0. The summed E-state index contributed by atoms with van der Waals surface area (Å²) in [5, 5.41) is 14.0. The van der Waals surface area contributed by atoms with Crippen LogP contribution in [0.15, 0.2) is 60.9 Å². The van der Waals surface area contributed by atoms with Gasteiger partial charge in [-0.1, -0.05) is 44.2 Å². The third kappa shape index (κ3) is 5.77. The van der Waals surface area contributed by atoms with E-state index in [1.807, 2.05) is 19.1 Å². The molecule has 2 fully saturated rings. The van der Waals surface area contributed by atoms with Gasteiger partial charge in [0.05, 0.1) is 50.5 Å². The normalized spacial score (nSPS) is 18.1. The van der Waals surface area contributed by atoms with Crippen LogP contribution in [-0.4, -0.2) is 57.4 Å². The van der Waals surface area contributed by atoms with E-state index >= 15 is 0 Å². The molecule has 2 amide bonds. The van der Waals surface area contributed by atoms with Crippen molar-refractivity contribution in [1.82, 2.24) is 39.8 Å². The maximum atomic E-state index is 14.5. The number of carbonyl (C=O) groups excluding carboxylic acids is 2. The molecule has 1 aliphatic heterocycles. The molecule has 2 saturated carbocycles. The second-order valence-corrected chi connectivity index (χ2v) is 16.2. The second-order valence-electron chi connectivity index (χ2n) is 16.2. The van der Waals surface area contributed by atoms with Gasteiger partial charge in [0.2, 0.25) is 5.91 Å². The molecular weight excluding hydrogens is 719 g/mol. The van der Waals surface area contributed by atoms with E-state index in [0.29, 0.717) is 65.7 Å². The molecule has 5 heterocycles. The molecule has 0 spiro atoms. The van der Waals surface area contributed by atoms with E-state index in [-0.39, 0.29) is 17.4 Å². The van der Waals surface area contributed by atoms with Crippen molar-refractivity contribution in [3.05, 3.63) is 94.7 Å². The molecule has 3 aliphatic rings. The molecule has 57 heavy (non-hydrogen) atoms. The molecule has 6 N–H and O–H groups in total. The van der Waals surface area contributed by atoms with Crippen LogP contribution >= 0.6 is 0 Å². The minimum absolute atomic E-state index is 0.172. The standard InChI is InChI=1S/C44H43N9O4/c1-23-36(47-18-17-46-23)40-48-32-14-12-28-30(37(32)51-40)19-27(39(45)54)22-53-34-21-25(9-11-29(34)35(38(28)53)24-7-3-2-4-8-24)41(55)52-44(15-5-6-16-44)43-49-31-13-10-26(42(56)57)20-33(31)50-43/h9-14,17-18,20-21,24,27H,2-8,15-16,19,22H2,1H3,(H2,45,54)(H,48,51)(H,49,50)(H,52,55)(H,56,57). The maximum Gasteiger partial charge on any atom is 0.335 e. The molecule has 10 rings (SSSR count). The van der Waals surface area contributed by atoms with Gasteiger partial charge in [-0.15, -0.1) is 0 Å². The molecule has 4 aromatic heterocycles. The van der Waals surface area contributed by atoms with Crippen molar-refractivity contribution in [1.29, 1.82) is 0 Å². The van der Waals surface area contributed by atoms with Gasteiger partial charge in [-0.25, -0.2) is 19.7 Å². The van der Waals surface area contributed by atoms with E-state index in [1.165, 1.54) is 12.0 Å². The van der Waals surface area contributed by atoms with Crippen LogP contribution in [0.3, 0.4) is 0 Å². The number of aryl methyl sites for hydroxylation is 1. The molecule has 1 unspecified atom stereocenters. The highest BCUT2D eigenvalue weighted by Crippen LogP contribution is 2.48. The molecule has 0 bridgehead atoms. The zero-order valence-electron chi connectivity index (χ0n) is 31.7. The molecule has 13 heteroatoms. The van der Waals surface area contributed by atoms with E-state index < -0.39 is 17.4 Å².